The van der Waals surface area contributed by atoms with Crippen molar-refractivity contribution in [3.05, 3.63) is 23.8 Å². The van der Waals surface area contributed by atoms with Crippen LogP contribution in [0.5, 0.6) is 11.5 Å². The van der Waals surface area contributed by atoms with Gasteiger partial charge in [0.25, 0.3) is 0 Å². The molecule has 1 aromatic carbocycles. The van der Waals surface area contributed by atoms with E-state index in [0.29, 0.717) is 18.8 Å². The maximum atomic E-state index is 12.5. The number of benzene rings is 1. The van der Waals surface area contributed by atoms with Crippen LogP contribution in [0, 0.1) is 5.92 Å². The molecule has 1 amide bonds. The molecule has 24 heavy (non-hydrogen) atoms. The fourth-order valence-corrected chi connectivity index (χ4v) is 3.21. The number of nitrogens with one attached hydrogen (secondary N) is 1. The smallest absolute Gasteiger partial charge is 0.222 e. The predicted molar refractivity (Wildman–Crippen MR) is 95.7 cm³/mol. The maximum Gasteiger partial charge on any atom is 0.222 e. The molecule has 134 valence electrons. The van der Waals surface area contributed by atoms with Gasteiger partial charge in [-0.2, -0.15) is 0 Å². The highest BCUT2D eigenvalue weighted by Gasteiger charge is 2.22. The SMILES string of the molecule is CCNCC1CCN(C(=O)CCc2cc(OC)ccc2OC)CC1. The zero-order chi connectivity index (χ0) is 17.4. The van der Waals surface area contributed by atoms with Gasteiger partial charge in [0.05, 0.1) is 14.2 Å². The molecule has 0 aromatic heterocycles. The lowest BCUT2D eigenvalue weighted by Crippen LogP contribution is -2.40. The van der Waals surface area contributed by atoms with E-state index in [0.717, 1.165) is 56.1 Å². The Morgan fingerprint density at radius 1 is 1.25 bits per heavy atom. The molecule has 5 nitrogen and oxygen atoms in total. The van der Waals surface area contributed by atoms with Crippen LogP contribution in [-0.2, 0) is 11.2 Å². The number of aryl methyl sites for hydroxylation is 1. The third-order valence-corrected chi connectivity index (χ3v) is 4.75. The van der Waals surface area contributed by atoms with Crippen LogP contribution in [0.3, 0.4) is 0 Å². The summed E-state index contributed by atoms with van der Waals surface area (Å²) in [6, 6.07) is 5.72. The molecule has 0 bridgehead atoms. The van der Waals surface area contributed by atoms with Crippen LogP contribution in [-0.4, -0.2) is 51.2 Å². The van der Waals surface area contributed by atoms with Crippen LogP contribution in [0.1, 0.15) is 31.7 Å². The average molecular weight is 334 g/mol. The van der Waals surface area contributed by atoms with Crippen molar-refractivity contribution in [2.75, 3.05) is 40.4 Å². The molecule has 0 radical (unpaired) electrons. The van der Waals surface area contributed by atoms with Gasteiger partial charge >= 0.3 is 0 Å². The number of hydrogen-bond acceptors (Lipinski definition) is 4. The van der Waals surface area contributed by atoms with Gasteiger partial charge in [-0.05, 0) is 62.0 Å². The minimum absolute atomic E-state index is 0.238. The van der Waals surface area contributed by atoms with Crippen molar-refractivity contribution in [1.29, 1.82) is 0 Å². The van der Waals surface area contributed by atoms with E-state index in [2.05, 4.69) is 12.2 Å². The molecule has 1 aromatic rings. The van der Waals surface area contributed by atoms with Crippen molar-refractivity contribution in [3.63, 3.8) is 0 Å². The molecular formula is C19H30N2O3. The Bertz CT molecular complexity index is 525. The second kappa shape index (κ2) is 9.52. The Morgan fingerprint density at radius 2 is 2.00 bits per heavy atom. The van der Waals surface area contributed by atoms with E-state index in [1.54, 1.807) is 14.2 Å². The highest BCUT2D eigenvalue weighted by Crippen LogP contribution is 2.25. The predicted octanol–water partition coefficient (Wildman–Crippen LogP) is 2.48. The van der Waals surface area contributed by atoms with Gasteiger partial charge in [-0.3, -0.25) is 4.79 Å². The van der Waals surface area contributed by atoms with Gasteiger partial charge in [-0.1, -0.05) is 6.92 Å². The standard InChI is InChI=1S/C19H30N2O3/c1-4-20-14-15-9-11-21(12-10-15)19(22)8-5-16-13-17(23-2)6-7-18(16)24-3/h6-7,13,15,20H,4-5,8-12,14H2,1-3H3. The summed E-state index contributed by atoms with van der Waals surface area (Å²) in [7, 11) is 3.30. The number of rotatable bonds is 8. The van der Waals surface area contributed by atoms with Crippen LogP contribution in [0.15, 0.2) is 18.2 Å². The van der Waals surface area contributed by atoms with Gasteiger partial charge in [0, 0.05) is 19.5 Å². The fraction of sp³-hybridized carbons (Fsp3) is 0.632. The maximum absolute atomic E-state index is 12.5. The van der Waals surface area contributed by atoms with Crippen LogP contribution >= 0.6 is 0 Å². The Balaban J connectivity index is 1.83. The summed E-state index contributed by atoms with van der Waals surface area (Å²) in [5.41, 5.74) is 1.02. The van der Waals surface area contributed by atoms with Gasteiger partial charge in [-0.25, -0.2) is 0 Å². The van der Waals surface area contributed by atoms with E-state index in [1.165, 1.54) is 0 Å². The van der Waals surface area contributed by atoms with Gasteiger partial charge in [0.2, 0.25) is 5.91 Å². The minimum Gasteiger partial charge on any atom is -0.497 e. The molecular weight excluding hydrogens is 304 g/mol. The molecule has 5 heteroatoms. The summed E-state index contributed by atoms with van der Waals surface area (Å²) < 4.78 is 10.7. The molecule has 1 heterocycles. The molecule has 1 saturated heterocycles. The van der Waals surface area contributed by atoms with Gasteiger partial charge < -0.3 is 19.7 Å². The molecule has 0 spiro atoms. The van der Waals surface area contributed by atoms with Crippen molar-refractivity contribution < 1.29 is 14.3 Å². The topological polar surface area (TPSA) is 50.8 Å². The van der Waals surface area contributed by atoms with Crippen LogP contribution in [0.4, 0.5) is 0 Å². The van der Waals surface area contributed by atoms with Crippen LogP contribution in [0.25, 0.3) is 0 Å². The average Bonchev–Trinajstić information content (AvgIpc) is 2.64. The Morgan fingerprint density at radius 3 is 2.62 bits per heavy atom. The molecule has 0 saturated carbocycles. The fourth-order valence-electron chi connectivity index (χ4n) is 3.21. The monoisotopic (exact) mass is 334 g/mol. The van der Waals surface area contributed by atoms with Gasteiger partial charge in [-0.15, -0.1) is 0 Å². The summed E-state index contributed by atoms with van der Waals surface area (Å²) in [6.45, 7) is 5.97. The van der Waals surface area contributed by atoms with E-state index in [-0.39, 0.29) is 5.91 Å². The molecule has 0 unspecified atom stereocenters. The molecule has 1 aliphatic heterocycles. The molecule has 2 rings (SSSR count). The quantitative estimate of drug-likeness (QED) is 0.793. The first-order valence-corrected chi connectivity index (χ1v) is 8.87. The van der Waals surface area contributed by atoms with Gasteiger partial charge in [0.1, 0.15) is 11.5 Å². The minimum atomic E-state index is 0.238. The number of methoxy groups -OCH3 is 2. The first kappa shape index (κ1) is 18.6. The van der Waals surface area contributed by atoms with Crippen molar-refractivity contribution in [2.45, 2.75) is 32.6 Å². The van der Waals surface area contributed by atoms with Crippen LogP contribution in [0.2, 0.25) is 0 Å². The number of amides is 1. The number of piperidine rings is 1. The summed E-state index contributed by atoms with van der Waals surface area (Å²) in [4.78, 5) is 14.5. The summed E-state index contributed by atoms with van der Waals surface area (Å²) in [5, 5.41) is 3.40. The lowest BCUT2D eigenvalue weighted by atomic mass is 9.96. The largest absolute Gasteiger partial charge is 0.497 e. The number of ether oxygens (including phenoxy) is 2. The van der Waals surface area contributed by atoms with Gasteiger partial charge in [0.15, 0.2) is 0 Å². The number of nitrogens with zero attached hydrogens (tertiary/aromatic N) is 1. The second-order valence-corrected chi connectivity index (χ2v) is 6.31. The van der Waals surface area contributed by atoms with E-state index < -0.39 is 0 Å². The van der Waals surface area contributed by atoms with Crippen LogP contribution < -0.4 is 14.8 Å². The number of carbonyl (C=O) groups is 1. The van der Waals surface area contributed by atoms with E-state index in [9.17, 15) is 4.79 Å². The van der Waals surface area contributed by atoms with Crippen molar-refractivity contribution in [2.24, 2.45) is 5.92 Å². The Labute approximate surface area is 145 Å². The molecule has 1 fully saturated rings. The normalized spacial score (nSPS) is 15.4. The highest BCUT2D eigenvalue weighted by molar-refractivity contribution is 5.76. The lowest BCUT2D eigenvalue weighted by molar-refractivity contribution is -0.132. The molecule has 0 atom stereocenters. The summed E-state index contributed by atoms with van der Waals surface area (Å²) in [6.07, 6.45) is 3.39. The third-order valence-electron chi connectivity index (χ3n) is 4.75. The zero-order valence-electron chi connectivity index (χ0n) is 15.1. The molecule has 1 aliphatic rings. The highest BCUT2D eigenvalue weighted by atomic mass is 16.5. The molecule has 1 N–H and O–H groups in total. The van der Waals surface area contributed by atoms with Crippen molar-refractivity contribution in [1.82, 2.24) is 10.2 Å². The Kier molecular flexibility index (Phi) is 7.37. The zero-order valence-corrected chi connectivity index (χ0v) is 15.1. The lowest BCUT2D eigenvalue weighted by Gasteiger charge is -2.32. The van der Waals surface area contributed by atoms with E-state index in [4.69, 9.17) is 9.47 Å². The van der Waals surface area contributed by atoms with Crippen molar-refractivity contribution in [3.8, 4) is 11.5 Å². The number of carbonyl (C=O) groups excluding carboxylic acids is 1. The second-order valence-electron chi connectivity index (χ2n) is 6.31. The first-order valence-electron chi connectivity index (χ1n) is 8.87. The number of likely N-dealkylation sites (tertiary alicyclic amines) is 1. The van der Waals surface area contributed by atoms with E-state index in [1.807, 2.05) is 23.1 Å². The number of hydrogen-bond donors (Lipinski definition) is 1. The first-order chi connectivity index (χ1) is 11.7. The van der Waals surface area contributed by atoms with E-state index >= 15 is 0 Å². The Hall–Kier alpha value is -1.75. The summed E-state index contributed by atoms with van der Waals surface area (Å²) >= 11 is 0. The third kappa shape index (κ3) is 5.13. The van der Waals surface area contributed by atoms with Crippen molar-refractivity contribution >= 4 is 5.91 Å². The molecule has 0 aliphatic carbocycles. The summed E-state index contributed by atoms with van der Waals surface area (Å²) in [5.74, 6) is 2.55.